The Hall–Kier alpha value is -1.17. The van der Waals surface area contributed by atoms with Crippen molar-refractivity contribution in [2.75, 3.05) is 6.54 Å². The van der Waals surface area contributed by atoms with Crippen molar-refractivity contribution in [3.63, 3.8) is 0 Å². The predicted octanol–water partition coefficient (Wildman–Crippen LogP) is 2.05. The quantitative estimate of drug-likeness (QED) is 0.696. The standard InChI is InChI=1S/C11H12ClNO/c1-8-6-10(12)7-9(11(8)14)4-2-3-5-13/h6-7,14H,3,5,13H2,1H3. The maximum Gasteiger partial charge on any atom is 0.134 e. The average Bonchev–Trinajstić information content (AvgIpc) is 2.13. The molecule has 1 aromatic carbocycles. The molecule has 0 saturated carbocycles. The SMILES string of the molecule is Cc1cc(Cl)cc(C#CCCN)c1O. The molecule has 0 fully saturated rings. The molecule has 0 spiro atoms. The Kier molecular flexibility index (Phi) is 3.82. The van der Waals surface area contributed by atoms with Gasteiger partial charge in [0.25, 0.3) is 0 Å². The van der Waals surface area contributed by atoms with Gasteiger partial charge in [0, 0.05) is 18.0 Å². The Morgan fingerprint density at radius 1 is 1.50 bits per heavy atom. The van der Waals surface area contributed by atoms with Crippen molar-refractivity contribution >= 4 is 11.6 Å². The van der Waals surface area contributed by atoms with Crippen LogP contribution < -0.4 is 5.73 Å². The van der Waals surface area contributed by atoms with Crippen molar-refractivity contribution in [1.82, 2.24) is 0 Å². The van der Waals surface area contributed by atoms with Crippen molar-refractivity contribution in [3.8, 4) is 17.6 Å². The second-order valence-corrected chi connectivity index (χ2v) is 3.40. The van der Waals surface area contributed by atoms with Crippen molar-refractivity contribution in [2.45, 2.75) is 13.3 Å². The summed E-state index contributed by atoms with van der Waals surface area (Å²) in [6.45, 7) is 2.31. The Balaban J connectivity index is 3.04. The Bertz CT molecular complexity index is 390. The van der Waals surface area contributed by atoms with Gasteiger partial charge in [-0.1, -0.05) is 23.4 Å². The highest BCUT2D eigenvalue weighted by Gasteiger charge is 2.03. The normalized spacial score (nSPS) is 9.36. The lowest BCUT2D eigenvalue weighted by molar-refractivity contribution is 0.469. The molecule has 0 atom stereocenters. The zero-order valence-electron chi connectivity index (χ0n) is 7.97. The molecule has 74 valence electrons. The van der Waals surface area contributed by atoms with Crippen LogP contribution in [0.4, 0.5) is 0 Å². The van der Waals surface area contributed by atoms with Crippen LogP contribution in [0.2, 0.25) is 5.02 Å². The minimum Gasteiger partial charge on any atom is -0.506 e. The molecule has 14 heavy (non-hydrogen) atoms. The molecule has 1 aromatic rings. The Labute approximate surface area is 88.7 Å². The largest absolute Gasteiger partial charge is 0.506 e. The minimum absolute atomic E-state index is 0.193. The molecule has 0 amide bonds. The van der Waals surface area contributed by atoms with Crippen LogP contribution in [0.5, 0.6) is 5.75 Å². The van der Waals surface area contributed by atoms with Crippen LogP contribution >= 0.6 is 11.6 Å². The van der Waals surface area contributed by atoms with Gasteiger partial charge in [-0.15, -0.1) is 0 Å². The molecule has 2 nitrogen and oxygen atoms in total. The van der Waals surface area contributed by atoms with Gasteiger partial charge < -0.3 is 10.8 Å². The molecular weight excluding hydrogens is 198 g/mol. The molecule has 0 unspecified atom stereocenters. The van der Waals surface area contributed by atoms with Gasteiger partial charge in [-0.2, -0.15) is 0 Å². The number of aryl methyl sites for hydroxylation is 1. The van der Waals surface area contributed by atoms with Gasteiger partial charge in [-0.05, 0) is 24.6 Å². The smallest absolute Gasteiger partial charge is 0.134 e. The summed E-state index contributed by atoms with van der Waals surface area (Å²) in [5, 5.41) is 10.2. The lowest BCUT2D eigenvalue weighted by Gasteiger charge is -2.01. The Morgan fingerprint density at radius 2 is 2.21 bits per heavy atom. The molecule has 3 N–H and O–H groups in total. The first-order valence-electron chi connectivity index (χ1n) is 4.33. The summed E-state index contributed by atoms with van der Waals surface area (Å²) < 4.78 is 0. The summed E-state index contributed by atoms with van der Waals surface area (Å²) in [5.41, 5.74) is 6.59. The van der Waals surface area contributed by atoms with Gasteiger partial charge in [-0.25, -0.2) is 0 Å². The van der Waals surface area contributed by atoms with E-state index in [-0.39, 0.29) is 5.75 Å². The van der Waals surface area contributed by atoms with E-state index in [1.165, 1.54) is 0 Å². The molecule has 0 aliphatic rings. The zero-order chi connectivity index (χ0) is 10.6. The van der Waals surface area contributed by atoms with Crippen molar-refractivity contribution < 1.29 is 5.11 Å². The van der Waals surface area contributed by atoms with Crippen LogP contribution in [0.3, 0.4) is 0 Å². The van der Waals surface area contributed by atoms with E-state index in [2.05, 4.69) is 11.8 Å². The highest BCUT2D eigenvalue weighted by molar-refractivity contribution is 6.30. The number of halogens is 1. The monoisotopic (exact) mass is 209 g/mol. The number of hydrogen-bond acceptors (Lipinski definition) is 2. The van der Waals surface area contributed by atoms with E-state index in [1.807, 2.05) is 0 Å². The van der Waals surface area contributed by atoms with Crippen molar-refractivity contribution in [3.05, 3.63) is 28.3 Å². The number of phenols is 1. The highest BCUT2D eigenvalue weighted by Crippen LogP contribution is 2.25. The molecule has 0 radical (unpaired) electrons. The fraction of sp³-hybridized carbons (Fsp3) is 0.273. The number of phenolic OH excluding ortho intramolecular Hbond substituents is 1. The number of aromatic hydroxyl groups is 1. The van der Waals surface area contributed by atoms with E-state index in [0.717, 1.165) is 5.56 Å². The highest BCUT2D eigenvalue weighted by atomic mass is 35.5. The van der Waals surface area contributed by atoms with Gasteiger partial charge in [0.05, 0.1) is 5.56 Å². The van der Waals surface area contributed by atoms with Crippen LogP contribution in [-0.4, -0.2) is 11.7 Å². The summed E-state index contributed by atoms with van der Waals surface area (Å²) in [6, 6.07) is 3.35. The molecule has 0 aliphatic carbocycles. The number of hydrogen-bond donors (Lipinski definition) is 2. The number of rotatable bonds is 1. The molecule has 0 saturated heterocycles. The summed E-state index contributed by atoms with van der Waals surface area (Å²) in [6.07, 6.45) is 0.616. The van der Waals surface area contributed by atoms with Gasteiger partial charge in [0.1, 0.15) is 5.75 Å². The van der Waals surface area contributed by atoms with E-state index in [4.69, 9.17) is 17.3 Å². The third-order valence-corrected chi connectivity index (χ3v) is 1.98. The Morgan fingerprint density at radius 3 is 2.86 bits per heavy atom. The maximum absolute atomic E-state index is 9.63. The fourth-order valence-electron chi connectivity index (χ4n) is 1.06. The zero-order valence-corrected chi connectivity index (χ0v) is 8.73. The summed E-state index contributed by atoms with van der Waals surface area (Å²) >= 11 is 5.83. The van der Waals surface area contributed by atoms with Crippen LogP contribution in [0.25, 0.3) is 0 Å². The van der Waals surface area contributed by atoms with E-state index < -0.39 is 0 Å². The second kappa shape index (κ2) is 4.90. The molecule has 1 rings (SSSR count). The molecule has 0 bridgehead atoms. The van der Waals surface area contributed by atoms with E-state index in [9.17, 15) is 5.11 Å². The van der Waals surface area contributed by atoms with Crippen LogP contribution in [0, 0.1) is 18.8 Å². The average molecular weight is 210 g/mol. The van der Waals surface area contributed by atoms with Crippen LogP contribution in [0.1, 0.15) is 17.5 Å². The van der Waals surface area contributed by atoms with E-state index >= 15 is 0 Å². The third-order valence-electron chi connectivity index (χ3n) is 1.76. The first-order chi connectivity index (χ1) is 6.65. The lowest BCUT2D eigenvalue weighted by Crippen LogP contribution is -1.95. The molecule has 0 heterocycles. The maximum atomic E-state index is 9.63. The summed E-state index contributed by atoms with van der Waals surface area (Å²) in [7, 11) is 0. The summed E-state index contributed by atoms with van der Waals surface area (Å²) in [5.74, 6) is 5.88. The predicted molar refractivity (Wildman–Crippen MR) is 58.4 cm³/mol. The van der Waals surface area contributed by atoms with Gasteiger partial charge >= 0.3 is 0 Å². The molecule has 0 aliphatic heterocycles. The molecule has 0 aromatic heterocycles. The van der Waals surface area contributed by atoms with Crippen LogP contribution in [0.15, 0.2) is 12.1 Å². The second-order valence-electron chi connectivity index (χ2n) is 2.96. The lowest BCUT2D eigenvalue weighted by atomic mass is 10.1. The van der Waals surface area contributed by atoms with Crippen molar-refractivity contribution in [2.24, 2.45) is 5.73 Å². The van der Waals surface area contributed by atoms with E-state index in [1.54, 1.807) is 19.1 Å². The first-order valence-corrected chi connectivity index (χ1v) is 4.71. The van der Waals surface area contributed by atoms with Gasteiger partial charge in [-0.3, -0.25) is 0 Å². The van der Waals surface area contributed by atoms with Crippen molar-refractivity contribution in [1.29, 1.82) is 0 Å². The van der Waals surface area contributed by atoms with Gasteiger partial charge in [0.2, 0.25) is 0 Å². The first kappa shape index (κ1) is 10.9. The third kappa shape index (κ3) is 2.66. The van der Waals surface area contributed by atoms with Crippen LogP contribution in [-0.2, 0) is 0 Å². The number of benzene rings is 1. The summed E-state index contributed by atoms with van der Waals surface area (Å²) in [4.78, 5) is 0. The molecule has 3 heteroatoms. The fourth-order valence-corrected chi connectivity index (χ4v) is 1.33. The van der Waals surface area contributed by atoms with E-state index in [0.29, 0.717) is 23.6 Å². The number of nitrogens with two attached hydrogens (primary N) is 1. The topological polar surface area (TPSA) is 46.2 Å². The molecular formula is C11H12ClNO. The minimum atomic E-state index is 0.193. The van der Waals surface area contributed by atoms with Gasteiger partial charge in [0.15, 0.2) is 0 Å².